The van der Waals surface area contributed by atoms with Gasteiger partial charge in [-0.2, -0.15) is 0 Å². The van der Waals surface area contributed by atoms with E-state index < -0.39 is 0 Å². The molecule has 5 heteroatoms. The van der Waals surface area contributed by atoms with Crippen molar-refractivity contribution in [2.24, 2.45) is 10.4 Å². The van der Waals surface area contributed by atoms with E-state index in [-0.39, 0.29) is 0 Å². The number of hydrogen-bond donors (Lipinski definition) is 1. The number of anilines is 1. The largest absolute Gasteiger partial charge is 0.495 e. The highest BCUT2D eigenvalue weighted by atomic mass is 35.5. The van der Waals surface area contributed by atoms with Gasteiger partial charge in [0, 0.05) is 17.0 Å². The number of ether oxygens (including phenoxy) is 1. The summed E-state index contributed by atoms with van der Waals surface area (Å²) in [5.74, 6) is 0.673. The number of halogens is 1. The molecule has 1 atom stereocenters. The molecule has 0 fully saturated rings. The van der Waals surface area contributed by atoms with Crippen molar-refractivity contribution in [2.45, 2.75) is 32.4 Å². The zero-order valence-corrected chi connectivity index (χ0v) is 13.9. The molecule has 0 saturated heterocycles. The fraction of sp³-hybridized carbons (Fsp3) is 0.533. The Bertz CT molecular complexity index is 511. The van der Waals surface area contributed by atoms with E-state index >= 15 is 0 Å². The van der Waals surface area contributed by atoms with E-state index in [1.165, 1.54) is 0 Å². The fourth-order valence-corrected chi connectivity index (χ4v) is 3.71. The normalized spacial score (nSPS) is 18.9. The Kier molecular flexibility index (Phi) is 4.86. The summed E-state index contributed by atoms with van der Waals surface area (Å²) in [6.45, 7) is 7.68. The Morgan fingerprint density at radius 3 is 2.85 bits per heavy atom. The van der Waals surface area contributed by atoms with E-state index in [0.717, 1.165) is 23.8 Å². The highest BCUT2D eigenvalue weighted by Crippen LogP contribution is 2.33. The van der Waals surface area contributed by atoms with Gasteiger partial charge < -0.3 is 10.1 Å². The van der Waals surface area contributed by atoms with Gasteiger partial charge in [-0.1, -0.05) is 44.1 Å². The number of nitrogens with one attached hydrogen (secondary N) is 1. The van der Waals surface area contributed by atoms with Gasteiger partial charge in [-0.15, -0.1) is 0 Å². The van der Waals surface area contributed by atoms with Gasteiger partial charge in [0.05, 0.1) is 18.7 Å². The Morgan fingerprint density at radius 1 is 1.45 bits per heavy atom. The summed E-state index contributed by atoms with van der Waals surface area (Å²) in [7, 11) is 1.62. The van der Waals surface area contributed by atoms with Gasteiger partial charge >= 0.3 is 0 Å². The molecule has 0 bridgehead atoms. The molecule has 0 aromatic heterocycles. The second kappa shape index (κ2) is 6.27. The zero-order chi connectivity index (χ0) is 14.8. The van der Waals surface area contributed by atoms with Gasteiger partial charge in [-0.25, -0.2) is 0 Å². The molecule has 1 aromatic rings. The van der Waals surface area contributed by atoms with E-state index in [4.69, 9.17) is 16.3 Å². The van der Waals surface area contributed by atoms with Crippen molar-refractivity contribution >= 4 is 34.2 Å². The second-order valence-corrected chi connectivity index (χ2v) is 7.82. The first-order chi connectivity index (χ1) is 9.37. The van der Waals surface area contributed by atoms with Gasteiger partial charge in [0.25, 0.3) is 0 Å². The molecule has 1 aliphatic heterocycles. The maximum Gasteiger partial charge on any atom is 0.161 e. The first-order valence-electron chi connectivity index (χ1n) is 6.69. The molecule has 20 heavy (non-hydrogen) atoms. The first kappa shape index (κ1) is 15.5. The standard InChI is InChI=1S/C15H21ClN2OS/c1-15(2,3)8-11-9-17-14(20-11)18-10-5-6-12(16)13(7-10)19-4/h5-7,11H,8-9H2,1-4H3,(H,17,18). The van der Waals surface area contributed by atoms with E-state index in [9.17, 15) is 0 Å². The summed E-state index contributed by atoms with van der Waals surface area (Å²) in [6.07, 6.45) is 1.16. The Labute approximate surface area is 130 Å². The molecular formula is C15H21ClN2OS. The average molecular weight is 313 g/mol. The molecule has 1 N–H and O–H groups in total. The molecule has 0 aliphatic carbocycles. The quantitative estimate of drug-likeness (QED) is 0.880. The van der Waals surface area contributed by atoms with Gasteiger partial charge in [-0.3, -0.25) is 4.99 Å². The SMILES string of the molecule is COc1cc(NC2=NCC(CC(C)(C)C)S2)ccc1Cl. The number of hydrogen-bond acceptors (Lipinski definition) is 4. The summed E-state index contributed by atoms with van der Waals surface area (Å²) in [4.78, 5) is 4.57. The number of amidine groups is 1. The van der Waals surface area contributed by atoms with Gasteiger partial charge in [0.15, 0.2) is 5.17 Å². The minimum Gasteiger partial charge on any atom is -0.495 e. The van der Waals surface area contributed by atoms with Crippen LogP contribution in [0.1, 0.15) is 27.2 Å². The third-order valence-electron chi connectivity index (χ3n) is 2.96. The van der Waals surface area contributed by atoms with E-state index in [2.05, 4.69) is 31.1 Å². The molecule has 3 nitrogen and oxygen atoms in total. The summed E-state index contributed by atoms with van der Waals surface area (Å²) in [5.41, 5.74) is 1.29. The lowest BCUT2D eigenvalue weighted by Gasteiger charge is -2.21. The van der Waals surface area contributed by atoms with E-state index in [0.29, 0.717) is 21.4 Å². The van der Waals surface area contributed by atoms with Crippen LogP contribution in [0.4, 0.5) is 5.69 Å². The maximum atomic E-state index is 6.02. The summed E-state index contributed by atoms with van der Waals surface area (Å²) < 4.78 is 5.22. The van der Waals surface area contributed by atoms with Crippen molar-refractivity contribution in [3.05, 3.63) is 23.2 Å². The van der Waals surface area contributed by atoms with Crippen molar-refractivity contribution in [3.8, 4) is 5.75 Å². The third-order valence-corrected chi connectivity index (χ3v) is 4.37. The van der Waals surface area contributed by atoms with Crippen LogP contribution < -0.4 is 10.1 Å². The fourth-order valence-electron chi connectivity index (χ4n) is 2.14. The molecular weight excluding hydrogens is 292 g/mol. The predicted molar refractivity (Wildman–Crippen MR) is 89.4 cm³/mol. The Hall–Kier alpha value is -0.870. The number of benzene rings is 1. The lowest BCUT2D eigenvalue weighted by atomic mass is 9.90. The molecule has 0 spiro atoms. The summed E-state index contributed by atoms with van der Waals surface area (Å²) in [5, 5.41) is 5.49. The predicted octanol–water partition coefficient (Wildman–Crippen LogP) is 4.67. The molecule has 1 heterocycles. The van der Waals surface area contributed by atoms with Crippen LogP contribution in [0.25, 0.3) is 0 Å². The van der Waals surface area contributed by atoms with Gasteiger partial charge in [0.2, 0.25) is 0 Å². The number of rotatable bonds is 3. The number of aliphatic imine (C=N–C) groups is 1. The minimum atomic E-state index is 0.339. The van der Waals surface area contributed by atoms with Crippen LogP contribution in [0.3, 0.4) is 0 Å². The minimum absolute atomic E-state index is 0.339. The molecule has 110 valence electrons. The molecule has 0 saturated carbocycles. The Morgan fingerprint density at radius 2 is 2.20 bits per heavy atom. The maximum absolute atomic E-state index is 6.02. The smallest absolute Gasteiger partial charge is 0.161 e. The highest BCUT2D eigenvalue weighted by molar-refractivity contribution is 8.15. The molecule has 1 aromatic carbocycles. The van der Waals surface area contributed by atoms with Gasteiger partial charge in [0.1, 0.15) is 5.75 Å². The van der Waals surface area contributed by atoms with Crippen LogP contribution in [0.15, 0.2) is 23.2 Å². The first-order valence-corrected chi connectivity index (χ1v) is 7.95. The Balaban J connectivity index is 1.95. The van der Waals surface area contributed by atoms with Crippen molar-refractivity contribution in [1.29, 1.82) is 0 Å². The topological polar surface area (TPSA) is 33.6 Å². The monoisotopic (exact) mass is 312 g/mol. The van der Waals surface area contributed by atoms with Crippen LogP contribution in [0.2, 0.25) is 5.02 Å². The average Bonchev–Trinajstić information content (AvgIpc) is 2.76. The van der Waals surface area contributed by atoms with Crippen LogP contribution in [-0.2, 0) is 0 Å². The molecule has 0 radical (unpaired) electrons. The van der Waals surface area contributed by atoms with E-state index in [1.807, 2.05) is 30.0 Å². The van der Waals surface area contributed by atoms with Gasteiger partial charge in [-0.05, 0) is 24.0 Å². The van der Waals surface area contributed by atoms with Crippen molar-refractivity contribution in [1.82, 2.24) is 0 Å². The van der Waals surface area contributed by atoms with Crippen LogP contribution in [0, 0.1) is 5.41 Å². The molecule has 1 aliphatic rings. The van der Waals surface area contributed by atoms with Crippen LogP contribution in [0.5, 0.6) is 5.75 Å². The summed E-state index contributed by atoms with van der Waals surface area (Å²) >= 11 is 7.84. The molecule has 1 unspecified atom stereocenters. The summed E-state index contributed by atoms with van der Waals surface area (Å²) in [6, 6.07) is 5.66. The lowest BCUT2D eigenvalue weighted by Crippen LogP contribution is -2.16. The number of thioether (sulfide) groups is 1. The number of nitrogens with zero attached hydrogens (tertiary/aromatic N) is 1. The van der Waals surface area contributed by atoms with Crippen molar-refractivity contribution in [2.75, 3.05) is 19.0 Å². The van der Waals surface area contributed by atoms with Crippen molar-refractivity contribution in [3.63, 3.8) is 0 Å². The lowest BCUT2D eigenvalue weighted by molar-refractivity contribution is 0.375. The molecule has 2 rings (SSSR count). The van der Waals surface area contributed by atoms with Crippen LogP contribution >= 0.6 is 23.4 Å². The highest BCUT2D eigenvalue weighted by Gasteiger charge is 2.25. The van der Waals surface area contributed by atoms with Crippen LogP contribution in [-0.4, -0.2) is 24.1 Å². The van der Waals surface area contributed by atoms with E-state index in [1.54, 1.807) is 7.11 Å². The second-order valence-electron chi connectivity index (χ2n) is 6.12. The zero-order valence-electron chi connectivity index (χ0n) is 12.4. The number of methoxy groups -OCH3 is 1. The third kappa shape index (κ3) is 4.32. The molecule has 0 amide bonds. The van der Waals surface area contributed by atoms with Crippen molar-refractivity contribution < 1.29 is 4.74 Å².